The first-order chi connectivity index (χ1) is 8.95. The van der Waals surface area contributed by atoms with Crippen LogP contribution in [0.4, 0.5) is 0 Å². The van der Waals surface area contributed by atoms with E-state index < -0.39 is 5.54 Å². The van der Waals surface area contributed by atoms with Crippen LogP contribution >= 0.6 is 0 Å². The van der Waals surface area contributed by atoms with E-state index in [4.69, 9.17) is 4.74 Å². The quantitative estimate of drug-likeness (QED) is 0.555. The Balaban J connectivity index is 2.60. The molecular weight excluding hydrogens is 244 g/mol. The Labute approximate surface area is 115 Å². The molecule has 1 rings (SSSR count). The SMILES string of the molecule is C=C(C)COCCN1CC(=O)NC(CC)(CC)C1=O. The molecule has 0 atom stereocenters. The maximum Gasteiger partial charge on any atom is 0.248 e. The van der Waals surface area contributed by atoms with Crippen LogP contribution in [-0.4, -0.2) is 48.6 Å². The third-order valence-corrected chi connectivity index (χ3v) is 3.47. The van der Waals surface area contributed by atoms with Gasteiger partial charge in [-0.2, -0.15) is 0 Å². The lowest BCUT2D eigenvalue weighted by Crippen LogP contribution is -2.66. The van der Waals surface area contributed by atoms with Crippen LogP contribution in [-0.2, 0) is 14.3 Å². The molecule has 0 unspecified atom stereocenters. The van der Waals surface area contributed by atoms with Crippen molar-refractivity contribution < 1.29 is 14.3 Å². The first-order valence-corrected chi connectivity index (χ1v) is 6.77. The lowest BCUT2D eigenvalue weighted by Gasteiger charge is -2.41. The minimum absolute atomic E-state index is 0.00368. The van der Waals surface area contributed by atoms with Gasteiger partial charge in [0.15, 0.2) is 0 Å². The van der Waals surface area contributed by atoms with Gasteiger partial charge in [0.05, 0.1) is 19.8 Å². The van der Waals surface area contributed by atoms with Gasteiger partial charge in [-0.15, -0.1) is 0 Å². The van der Waals surface area contributed by atoms with Crippen molar-refractivity contribution in [2.45, 2.75) is 39.2 Å². The van der Waals surface area contributed by atoms with E-state index in [1.165, 1.54) is 0 Å². The number of piperazine rings is 1. The first kappa shape index (κ1) is 15.7. The van der Waals surface area contributed by atoms with Crippen LogP contribution in [0.2, 0.25) is 0 Å². The van der Waals surface area contributed by atoms with E-state index in [9.17, 15) is 9.59 Å². The number of ether oxygens (including phenoxy) is 1. The number of hydrogen-bond acceptors (Lipinski definition) is 3. The minimum atomic E-state index is -0.732. The van der Waals surface area contributed by atoms with E-state index in [1.807, 2.05) is 20.8 Å². The number of rotatable bonds is 7. The van der Waals surface area contributed by atoms with E-state index in [-0.39, 0.29) is 18.4 Å². The molecule has 0 radical (unpaired) electrons. The summed E-state index contributed by atoms with van der Waals surface area (Å²) in [5, 5.41) is 2.83. The first-order valence-electron chi connectivity index (χ1n) is 6.77. The summed E-state index contributed by atoms with van der Waals surface area (Å²) in [5.74, 6) is -0.0979. The summed E-state index contributed by atoms with van der Waals surface area (Å²) >= 11 is 0. The Morgan fingerprint density at radius 3 is 2.58 bits per heavy atom. The number of nitrogens with one attached hydrogen (secondary N) is 1. The topological polar surface area (TPSA) is 58.6 Å². The Hall–Kier alpha value is -1.36. The molecule has 1 aliphatic heterocycles. The van der Waals surface area contributed by atoms with Gasteiger partial charge in [-0.1, -0.05) is 26.0 Å². The average Bonchev–Trinajstić information content (AvgIpc) is 2.38. The number of nitrogens with zero attached hydrogens (tertiary/aromatic N) is 1. The van der Waals surface area contributed by atoms with Crippen LogP contribution in [0.25, 0.3) is 0 Å². The van der Waals surface area contributed by atoms with Crippen LogP contribution in [0.15, 0.2) is 12.2 Å². The Bertz CT molecular complexity index is 362. The average molecular weight is 268 g/mol. The zero-order valence-corrected chi connectivity index (χ0v) is 12.1. The number of amides is 2. The summed E-state index contributed by atoms with van der Waals surface area (Å²) in [5.41, 5.74) is 0.211. The van der Waals surface area contributed by atoms with Crippen LogP contribution in [0.1, 0.15) is 33.6 Å². The molecule has 0 bridgehead atoms. The fraction of sp³-hybridized carbons (Fsp3) is 0.714. The van der Waals surface area contributed by atoms with Crippen LogP contribution in [0.5, 0.6) is 0 Å². The molecule has 1 N–H and O–H groups in total. The van der Waals surface area contributed by atoms with Crippen LogP contribution < -0.4 is 5.32 Å². The monoisotopic (exact) mass is 268 g/mol. The summed E-state index contributed by atoms with van der Waals surface area (Å²) in [6.45, 7) is 11.0. The lowest BCUT2D eigenvalue weighted by molar-refractivity contribution is -0.151. The highest BCUT2D eigenvalue weighted by Crippen LogP contribution is 2.21. The molecule has 0 aromatic rings. The molecule has 0 spiro atoms. The van der Waals surface area contributed by atoms with Gasteiger partial charge in [0.25, 0.3) is 0 Å². The van der Waals surface area contributed by atoms with Crippen molar-refractivity contribution in [3.8, 4) is 0 Å². The van der Waals surface area contributed by atoms with E-state index in [1.54, 1.807) is 4.90 Å². The van der Waals surface area contributed by atoms with E-state index in [0.29, 0.717) is 32.6 Å². The summed E-state index contributed by atoms with van der Waals surface area (Å²) in [4.78, 5) is 25.7. The molecule has 0 saturated carbocycles. The normalized spacial score (nSPS) is 18.4. The molecule has 0 aromatic carbocycles. The van der Waals surface area contributed by atoms with Gasteiger partial charge in [0, 0.05) is 6.54 Å². The second-order valence-corrected chi connectivity index (χ2v) is 5.07. The fourth-order valence-corrected chi connectivity index (χ4v) is 2.24. The molecule has 1 saturated heterocycles. The zero-order chi connectivity index (χ0) is 14.5. The van der Waals surface area contributed by atoms with Gasteiger partial charge in [-0.3, -0.25) is 9.59 Å². The predicted octanol–water partition coefficient (Wildman–Crippen LogP) is 1.10. The smallest absolute Gasteiger partial charge is 0.248 e. The predicted molar refractivity (Wildman–Crippen MR) is 73.7 cm³/mol. The third-order valence-electron chi connectivity index (χ3n) is 3.47. The molecule has 1 heterocycles. The minimum Gasteiger partial charge on any atom is -0.375 e. The van der Waals surface area contributed by atoms with Crippen LogP contribution in [0.3, 0.4) is 0 Å². The van der Waals surface area contributed by atoms with Crippen molar-refractivity contribution in [3.05, 3.63) is 12.2 Å². The number of carbonyl (C=O) groups is 2. The fourth-order valence-electron chi connectivity index (χ4n) is 2.24. The Kier molecular flexibility index (Phi) is 5.54. The lowest BCUT2D eigenvalue weighted by atomic mass is 9.89. The highest BCUT2D eigenvalue weighted by atomic mass is 16.5. The summed E-state index contributed by atoms with van der Waals surface area (Å²) in [7, 11) is 0. The van der Waals surface area contributed by atoms with Crippen molar-refractivity contribution in [2.24, 2.45) is 0 Å². The summed E-state index contributed by atoms with van der Waals surface area (Å²) in [6, 6.07) is 0. The molecule has 5 nitrogen and oxygen atoms in total. The van der Waals surface area contributed by atoms with Crippen molar-refractivity contribution in [3.63, 3.8) is 0 Å². The molecule has 19 heavy (non-hydrogen) atoms. The molecule has 0 aromatic heterocycles. The molecule has 2 amide bonds. The molecule has 108 valence electrons. The molecule has 5 heteroatoms. The zero-order valence-electron chi connectivity index (χ0n) is 12.1. The highest BCUT2D eigenvalue weighted by Gasteiger charge is 2.43. The van der Waals surface area contributed by atoms with Gasteiger partial charge >= 0.3 is 0 Å². The maximum absolute atomic E-state index is 12.4. The molecule has 0 aliphatic carbocycles. The van der Waals surface area contributed by atoms with Crippen molar-refractivity contribution in [2.75, 3.05) is 26.3 Å². The second-order valence-electron chi connectivity index (χ2n) is 5.07. The van der Waals surface area contributed by atoms with Crippen molar-refractivity contribution in [1.82, 2.24) is 10.2 Å². The third kappa shape index (κ3) is 3.80. The van der Waals surface area contributed by atoms with Crippen molar-refractivity contribution >= 4 is 11.8 Å². The van der Waals surface area contributed by atoms with E-state index >= 15 is 0 Å². The number of hydrogen-bond donors (Lipinski definition) is 1. The maximum atomic E-state index is 12.4. The van der Waals surface area contributed by atoms with Gasteiger partial charge in [0.2, 0.25) is 11.8 Å². The molecular formula is C14H24N2O3. The van der Waals surface area contributed by atoms with Crippen LogP contribution in [0, 0.1) is 0 Å². The van der Waals surface area contributed by atoms with Gasteiger partial charge in [-0.25, -0.2) is 0 Å². The summed E-state index contributed by atoms with van der Waals surface area (Å²) in [6.07, 6.45) is 1.22. The van der Waals surface area contributed by atoms with E-state index in [2.05, 4.69) is 11.9 Å². The van der Waals surface area contributed by atoms with Crippen molar-refractivity contribution in [1.29, 1.82) is 0 Å². The second kappa shape index (κ2) is 6.70. The number of carbonyl (C=O) groups excluding carboxylic acids is 2. The van der Waals surface area contributed by atoms with Gasteiger partial charge in [-0.05, 0) is 19.8 Å². The largest absolute Gasteiger partial charge is 0.375 e. The van der Waals surface area contributed by atoms with Gasteiger partial charge < -0.3 is 15.0 Å². The standard InChI is InChI=1S/C14H24N2O3/c1-5-14(6-2)13(18)16(9-12(17)15-14)7-8-19-10-11(3)4/h3,5-10H2,1-2,4H3,(H,15,17). The van der Waals surface area contributed by atoms with E-state index in [0.717, 1.165) is 5.57 Å². The Morgan fingerprint density at radius 1 is 1.42 bits per heavy atom. The Morgan fingerprint density at radius 2 is 2.05 bits per heavy atom. The molecule has 1 fully saturated rings. The summed E-state index contributed by atoms with van der Waals surface area (Å²) < 4.78 is 5.39. The highest BCUT2D eigenvalue weighted by molar-refractivity contribution is 5.97. The van der Waals surface area contributed by atoms with Gasteiger partial charge in [0.1, 0.15) is 5.54 Å². The molecule has 1 aliphatic rings.